The van der Waals surface area contributed by atoms with Crippen LogP contribution in [0.15, 0.2) is 24.3 Å². The average Bonchev–Trinajstić information content (AvgIpc) is 2.35. The van der Waals surface area contributed by atoms with Crippen LogP contribution in [-0.4, -0.2) is 38.6 Å². The van der Waals surface area contributed by atoms with Crippen molar-refractivity contribution in [1.82, 2.24) is 0 Å². The molecule has 0 amide bonds. The number of hydrazine groups is 1. The molecule has 1 aromatic rings. The first-order valence-electron chi connectivity index (χ1n) is 5.43. The standard InChI is InChI=1S/C11H16N2O5/c1-16-6-7-17-8-9-18-11-4-2-10(3-5-11)12-13(14)15/h2-5,12H,6-9H2,1H3. The second-order valence-electron chi connectivity index (χ2n) is 3.35. The molecule has 1 aromatic carbocycles. The predicted octanol–water partition coefficient (Wildman–Crippen LogP) is 1.33. The van der Waals surface area contributed by atoms with Crippen molar-refractivity contribution in [2.45, 2.75) is 0 Å². The third kappa shape index (κ3) is 6.02. The van der Waals surface area contributed by atoms with E-state index in [1.165, 1.54) is 0 Å². The topological polar surface area (TPSA) is 82.9 Å². The number of hydrogen-bond acceptors (Lipinski definition) is 5. The number of nitro groups is 1. The molecule has 0 aliphatic rings. The highest BCUT2D eigenvalue weighted by molar-refractivity contribution is 5.44. The van der Waals surface area contributed by atoms with Gasteiger partial charge in [0, 0.05) is 7.11 Å². The molecule has 0 aliphatic heterocycles. The van der Waals surface area contributed by atoms with Crippen molar-refractivity contribution >= 4 is 5.69 Å². The van der Waals surface area contributed by atoms with Gasteiger partial charge in [0.15, 0.2) is 5.03 Å². The van der Waals surface area contributed by atoms with Crippen LogP contribution in [0.5, 0.6) is 5.75 Å². The summed E-state index contributed by atoms with van der Waals surface area (Å²) in [6.45, 7) is 1.98. The van der Waals surface area contributed by atoms with Gasteiger partial charge in [-0.25, -0.2) is 10.1 Å². The van der Waals surface area contributed by atoms with E-state index in [1.807, 2.05) is 0 Å². The van der Waals surface area contributed by atoms with Gasteiger partial charge in [-0.2, -0.15) is 0 Å². The fourth-order valence-corrected chi connectivity index (χ4v) is 1.19. The summed E-state index contributed by atoms with van der Waals surface area (Å²) in [5, 5.41) is 9.58. The zero-order chi connectivity index (χ0) is 13.2. The monoisotopic (exact) mass is 256 g/mol. The van der Waals surface area contributed by atoms with Gasteiger partial charge in [0.1, 0.15) is 18.0 Å². The first kappa shape index (κ1) is 14.2. The molecule has 18 heavy (non-hydrogen) atoms. The fourth-order valence-electron chi connectivity index (χ4n) is 1.19. The van der Waals surface area contributed by atoms with Gasteiger partial charge < -0.3 is 14.2 Å². The summed E-state index contributed by atoms with van der Waals surface area (Å²) in [6, 6.07) is 6.45. The van der Waals surface area contributed by atoms with Gasteiger partial charge in [-0.3, -0.25) is 0 Å². The molecule has 0 aliphatic carbocycles. The van der Waals surface area contributed by atoms with Crippen molar-refractivity contribution in [3.8, 4) is 5.75 Å². The molecular formula is C11H16N2O5. The van der Waals surface area contributed by atoms with E-state index in [2.05, 4.69) is 5.43 Å². The zero-order valence-corrected chi connectivity index (χ0v) is 10.1. The Bertz CT molecular complexity index is 355. The summed E-state index contributed by atoms with van der Waals surface area (Å²) in [4.78, 5) is 10.2. The SMILES string of the molecule is COCCOCCOc1ccc(N[N+](=O)[O-])cc1. The third-order valence-corrected chi connectivity index (χ3v) is 2.00. The molecule has 7 nitrogen and oxygen atoms in total. The van der Waals surface area contributed by atoms with Gasteiger partial charge in [-0.1, -0.05) is 0 Å². The highest BCUT2D eigenvalue weighted by atomic mass is 16.7. The summed E-state index contributed by atoms with van der Waals surface area (Å²) in [6.07, 6.45) is 0. The number of methoxy groups -OCH3 is 1. The Labute approximate surface area is 105 Å². The van der Waals surface area contributed by atoms with E-state index in [9.17, 15) is 10.1 Å². The van der Waals surface area contributed by atoms with Gasteiger partial charge in [-0.15, -0.1) is 5.43 Å². The second-order valence-corrected chi connectivity index (χ2v) is 3.35. The fraction of sp³-hybridized carbons (Fsp3) is 0.455. The van der Waals surface area contributed by atoms with E-state index in [0.717, 1.165) is 0 Å². The van der Waals surface area contributed by atoms with Crippen molar-refractivity contribution in [2.24, 2.45) is 0 Å². The molecule has 0 aromatic heterocycles. The Morgan fingerprint density at radius 1 is 1.17 bits per heavy atom. The van der Waals surface area contributed by atoms with Gasteiger partial charge in [0.25, 0.3) is 0 Å². The molecule has 0 radical (unpaired) electrons. The summed E-state index contributed by atoms with van der Waals surface area (Å²) in [5.41, 5.74) is 2.46. The number of anilines is 1. The summed E-state index contributed by atoms with van der Waals surface area (Å²) >= 11 is 0. The predicted molar refractivity (Wildman–Crippen MR) is 65.2 cm³/mol. The largest absolute Gasteiger partial charge is 0.491 e. The van der Waals surface area contributed by atoms with Gasteiger partial charge in [0.05, 0.1) is 19.8 Å². The maximum atomic E-state index is 10.2. The summed E-state index contributed by atoms with van der Waals surface area (Å²) < 4.78 is 15.4. The number of ether oxygens (including phenoxy) is 3. The highest BCUT2D eigenvalue weighted by Gasteiger charge is 1.99. The van der Waals surface area contributed by atoms with Crippen LogP contribution in [0, 0.1) is 10.1 Å². The molecule has 0 saturated heterocycles. The number of hydrogen-bond donors (Lipinski definition) is 1. The molecule has 7 heteroatoms. The molecule has 100 valence electrons. The van der Waals surface area contributed by atoms with Crippen LogP contribution in [0.25, 0.3) is 0 Å². The van der Waals surface area contributed by atoms with E-state index in [1.54, 1.807) is 31.4 Å². The molecular weight excluding hydrogens is 240 g/mol. The Morgan fingerprint density at radius 3 is 2.44 bits per heavy atom. The molecule has 0 unspecified atom stereocenters. The lowest BCUT2D eigenvalue weighted by atomic mass is 10.3. The molecule has 0 atom stereocenters. The number of nitrogens with one attached hydrogen (secondary N) is 1. The quantitative estimate of drug-likeness (QED) is 0.408. The normalized spacial score (nSPS) is 10.1. The van der Waals surface area contributed by atoms with Crippen molar-refractivity contribution in [1.29, 1.82) is 0 Å². The molecule has 1 rings (SSSR count). The van der Waals surface area contributed by atoms with E-state index >= 15 is 0 Å². The highest BCUT2D eigenvalue weighted by Crippen LogP contribution is 2.15. The van der Waals surface area contributed by atoms with Crippen molar-refractivity contribution in [2.75, 3.05) is 39.0 Å². The molecule has 0 saturated carbocycles. The molecule has 0 heterocycles. The molecule has 0 spiro atoms. The Kier molecular flexibility index (Phi) is 6.52. The molecule has 1 N–H and O–H groups in total. The van der Waals surface area contributed by atoms with Crippen molar-refractivity contribution in [3.05, 3.63) is 34.4 Å². The van der Waals surface area contributed by atoms with Crippen LogP contribution in [0.4, 0.5) is 5.69 Å². The summed E-state index contributed by atoms with van der Waals surface area (Å²) in [7, 11) is 1.61. The number of nitrogens with zero attached hydrogens (tertiary/aromatic N) is 1. The summed E-state index contributed by atoms with van der Waals surface area (Å²) in [5.74, 6) is 0.638. The van der Waals surface area contributed by atoms with Crippen LogP contribution in [0.3, 0.4) is 0 Å². The van der Waals surface area contributed by atoms with E-state index in [0.29, 0.717) is 37.9 Å². The minimum Gasteiger partial charge on any atom is -0.491 e. The minimum atomic E-state index is -0.612. The number of rotatable bonds is 9. The Morgan fingerprint density at radius 2 is 1.83 bits per heavy atom. The van der Waals surface area contributed by atoms with Crippen LogP contribution >= 0.6 is 0 Å². The third-order valence-electron chi connectivity index (χ3n) is 2.00. The maximum absolute atomic E-state index is 10.2. The van der Waals surface area contributed by atoms with Crippen molar-refractivity contribution < 1.29 is 19.2 Å². The Balaban J connectivity index is 2.20. The van der Waals surface area contributed by atoms with Gasteiger partial charge >= 0.3 is 0 Å². The first-order valence-corrected chi connectivity index (χ1v) is 5.43. The first-order chi connectivity index (χ1) is 8.72. The molecule has 0 bridgehead atoms. The van der Waals surface area contributed by atoms with Crippen LogP contribution in [0.1, 0.15) is 0 Å². The van der Waals surface area contributed by atoms with Gasteiger partial charge in [-0.05, 0) is 24.3 Å². The lowest BCUT2D eigenvalue weighted by Crippen LogP contribution is -2.10. The smallest absolute Gasteiger partial charge is 0.162 e. The zero-order valence-electron chi connectivity index (χ0n) is 10.1. The average molecular weight is 256 g/mol. The van der Waals surface area contributed by atoms with Gasteiger partial charge in [0.2, 0.25) is 0 Å². The van der Waals surface area contributed by atoms with Crippen LogP contribution in [-0.2, 0) is 9.47 Å². The molecule has 0 fully saturated rings. The lowest BCUT2D eigenvalue weighted by Gasteiger charge is -2.07. The van der Waals surface area contributed by atoms with Crippen LogP contribution in [0.2, 0.25) is 0 Å². The van der Waals surface area contributed by atoms with E-state index in [4.69, 9.17) is 14.2 Å². The van der Waals surface area contributed by atoms with E-state index in [-0.39, 0.29) is 0 Å². The van der Waals surface area contributed by atoms with Crippen molar-refractivity contribution in [3.63, 3.8) is 0 Å². The number of benzene rings is 1. The maximum Gasteiger partial charge on any atom is 0.162 e. The van der Waals surface area contributed by atoms with Crippen LogP contribution < -0.4 is 10.2 Å². The Hall–Kier alpha value is -1.86. The van der Waals surface area contributed by atoms with E-state index < -0.39 is 5.03 Å². The lowest BCUT2D eigenvalue weighted by molar-refractivity contribution is -0.445. The minimum absolute atomic E-state index is 0.406. The second kappa shape index (κ2) is 8.26.